The molecule has 1 aromatic rings. The second kappa shape index (κ2) is 8.11. The summed E-state index contributed by atoms with van der Waals surface area (Å²) in [5, 5.41) is 0. The highest BCUT2D eigenvalue weighted by Crippen LogP contribution is 2.46. The number of nitrogens with one attached hydrogen (secondary N) is 1. The number of carbonyl (C=O) groups is 1. The Hall–Kier alpha value is -1.67. The molecule has 0 bridgehead atoms. The van der Waals surface area contributed by atoms with Crippen molar-refractivity contribution in [1.82, 2.24) is 9.03 Å². The van der Waals surface area contributed by atoms with E-state index in [-0.39, 0.29) is 16.9 Å². The quantitative estimate of drug-likeness (QED) is 0.699. The minimum atomic E-state index is -3.92. The fourth-order valence-corrected chi connectivity index (χ4v) is 5.42. The average molecular weight is 439 g/mol. The van der Waals surface area contributed by atoms with Gasteiger partial charge in [-0.25, -0.2) is 9.11 Å². The second-order valence-electron chi connectivity index (χ2n) is 9.61. The molecular formula is C22H31FN2O4S. The Morgan fingerprint density at radius 1 is 1.23 bits per heavy atom. The van der Waals surface area contributed by atoms with Crippen molar-refractivity contribution in [3.8, 4) is 5.75 Å². The van der Waals surface area contributed by atoms with Crippen LogP contribution < -0.4 is 9.46 Å². The Kier molecular flexibility index (Phi) is 5.83. The molecule has 0 atom stereocenters. The molecule has 30 heavy (non-hydrogen) atoms. The van der Waals surface area contributed by atoms with Crippen LogP contribution in [0.3, 0.4) is 0 Å². The number of ether oxygens (including phenoxy) is 1. The first-order valence-electron chi connectivity index (χ1n) is 11.0. The van der Waals surface area contributed by atoms with E-state index in [1.807, 2.05) is 4.72 Å². The molecular weight excluding hydrogens is 407 g/mol. The average Bonchev–Trinajstić information content (AvgIpc) is 3.45. The smallest absolute Gasteiger partial charge is 0.304 e. The third kappa shape index (κ3) is 4.64. The highest BCUT2D eigenvalue weighted by Gasteiger charge is 2.34. The minimum Gasteiger partial charge on any atom is -0.493 e. The topological polar surface area (TPSA) is 75.7 Å². The zero-order valence-electron chi connectivity index (χ0n) is 17.7. The highest BCUT2D eigenvalue weighted by atomic mass is 32.2. The van der Waals surface area contributed by atoms with E-state index < -0.39 is 21.9 Å². The molecule has 0 aromatic heterocycles. The highest BCUT2D eigenvalue weighted by molar-refractivity contribution is 7.87. The molecule has 2 aliphatic carbocycles. The van der Waals surface area contributed by atoms with E-state index in [0.29, 0.717) is 25.4 Å². The first-order valence-corrected chi connectivity index (χ1v) is 12.4. The summed E-state index contributed by atoms with van der Waals surface area (Å²) in [6.07, 6.45) is 7.21. The molecule has 1 amide bonds. The summed E-state index contributed by atoms with van der Waals surface area (Å²) in [6, 6.07) is 2.74. The van der Waals surface area contributed by atoms with Crippen LogP contribution in [0.5, 0.6) is 5.75 Å². The van der Waals surface area contributed by atoms with Crippen molar-refractivity contribution in [1.29, 1.82) is 0 Å². The molecule has 0 radical (unpaired) electrons. The normalized spacial score (nSPS) is 27.4. The molecule has 3 fully saturated rings. The molecule has 1 aliphatic heterocycles. The van der Waals surface area contributed by atoms with E-state index in [1.165, 1.54) is 29.3 Å². The van der Waals surface area contributed by atoms with E-state index >= 15 is 0 Å². The van der Waals surface area contributed by atoms with Crippen molar-refractivity contribution >= 4 is 16.1 Å². The lowest BCUT2D eigenvalue weighted by molar-refractivity contribution is 0.0961. The van der Waals surface area contributed by atoms with Gasteiger partial charge in [0.25, 0.3) is 5.91 Å². The number of carbonyl (C=O) groups excluding carboxylic acids is 1. The predicted molar refractivity (Wildman–Crippen MR) is 112 cm³/mol. The van der Waals surface area contributed by atoms with Gasteiger partial charge in [-0.3, -0.25) is 4.79 Å². The third-order valence-corrected chi connectivity index (χ3v) is 8.28. The van der Waals surface area contributed by atoms with Gasteiger partial charge in [0.15, 0.2) is 0 Å². The van der Waals surface area contributed by atoms with Crippen molar-refractivity contribution in [2.75, 3.05) is 19.7 Å². The van der Waals surface area contributed by atoms with E-state index in [1.54, 1.807) is 0 Å². The van der Waals surface area contributed by atoms with Crippen LogP contribution in [0.1, 0.15) is 80.6 Å². The number of halogens is 1. The lowest BCUT2D eigenvalue weighted by Crippen LogP contribution is -2.49. The molecule has 1 saturated heterocycles. The Bertz CT molecular complexity index is 917. The first-order chi connectivity index (χ1) is 14.2. The van der Waals surface area contributed by atoms with E-state index in [9.17, 15) is 17.6 Å². The number of hydrogen-bond donors (Lipinski definition) is 1. The van der Waals surface area contributed by atoms with Gasteiger partial charge in [0.1, 0.15) is 11.6 Å². The molecule has 8 heteroatoms. The van der Waals surface area contributed by atoms with Gasteiger partial charge in [0, 0.05) is 24.6 Å². The largest absolute Gasteiger partial charge is 0.493 e. The van der Waals surface area contributed by atoms with Gasteiger partial charge >= 0.3 is 10.2 Å². The van der Waals surface area contributed by atoms with Gasteiger partial charge in [-0.15, -0.1) is 0 Å². The van der Waals surface area contributed by atoms with Gasteiger partial charge < -0.3 is 4.74 Å². The molecule has 0 spiro atoms. The number of rotatable bonds is 7. The Morgan fingerprint density at radius 2 is 1.90 bits per heavy atom. The first kappa shape index (κ1) is 21.6. The number of benzene rings is 1. The van der Waals surface area contributed by atoms with Crippen LogP contribution in [-0.2, 0) is 10.2 Å². The van der Waals surface area contributed by atoms with E-state index in [2.05, 4.69) is 13.8 Å². The molecule has 1 heterocycles. The van der Waals surface area contributed by atoms with Gasteiger partial charge in [-0.1, -0.05) is 26.7 Å². The van der Waals surface area contributed by atoms with Crippen molar-refractivity contribution < 1.29 is 22.3 Å². The molecule has 0 unspecified atom stereocenters. The molecule has 6 nitrogen and oxygen atoms in total. The summed E-state index contributed by atoms with van der Waals surface area (Å²) in [7, 11) is -3.92. The van der Waals surface area contributed by atoms with Crippen LogP contribution >= 0.6 is 0 Å². The fraction of sp³-hybridized carbons (Fsp3) is 0.682. The van der Waals surface area contributed by atoms with Gasteiger partial charge in [-0.05, 0) is 55.6 Å². The summed E-state index contributed by atoms with van der Waals surface area (Å²) in [4.78, 5) is 12.5. The molecule has 4 rings (SSSR count). The van der Waals surface area contributed by atoms with Gasteiger partial charge in [0.2, 0.25) is 0 Å². The monoisotopic (exact) mass is 438 g/mol. The number of nitrogens with zero attached hydrogens (tertiary/aromatic N) is 1. The van der Waals surface area contributed by atoms with Gasteiger partial charge in [-0.2, -0.15) is 12.7 Å². The molecule has 166 valence electrons. The molecule has 3 aliphatic rings. The maximum Gasteiger partial charge on any atom is 0.304 e. The van der Waals surface area contributed by atoms with Crippen LogP contribution in [0.2, 0.25) is 0 Å². The minimum absolute atomic E-state index is 0.0746. The van der Waals surface area contributed by atoms with Crippen LogP contribution in [0, 0.1) is 17.2 Å². The molecule has 1 aromatic carbocycles. The summed E-state index contributed by atoms with van der Waals surface area (Å²) in [5.74, 6) is -0.229. The van der Waals surface area contributed by atoms with Crippen molar-refractivity contribution in [3.63, 3.8) is 0 Å². The summed E-state index contributed by atoms with van der Waals surface area (Å²) in [6.45, 7) is 5.76. The summed E-state index contributed by atoms with van der Waals surface area (Å²) in [5.41, 5.74) is 0.632. The standard InChI is InChI=1S/C22H31FN2O4S/c1-15-6-8-22(2,9-7-15)14-29-20-13-19(23)18(12-17(20)16-4-5-16)21(26)24-30(27,28)25-10-3-11-25/h12-13,15-16H,3-11,14H2,1-2H3,(H,24,26)/t15-,22+. The fourth-order valence-electron chi connectivity index (χ4n) is 4.20. The number of hydrogen-bond acceptors (Lipinski definition) is 4. The zero-order chi connectivity index (χ0) is 21.5. The van der Waals surface area contributed by atoms with E-state index in [0.717, 1.165) is 43.6 Å². The summed E-state index contributed by atoms with van der Waals surface area (Å²) < 4.78 is 48.4. The third-order valence-electron chi connectivity index (χ3n) is 6.80. The maximum atomic E-state index is 14.8. The van der Waals surface area contributed by atoms with Crippen molar-refractivity contribution in [2.45, 2.75) is 64.7 Å². The van der Waals surface area contributed by atoms with Crippen molar-refractivity contribution in [3.05, 3.63) is 29.1 Å². The summed E-state index contributed by atoms with van der Waals surface area (Å²) >= 11 is 0. The SMILES string of the molecule is C[C@H]1CC[C@@](C)(COc2cc(F)c(C(=O)NS(=O)(=O)N3CCC3)cc2C2CC2)CC1. The Balaban J connectivity index is 1.50. The predicted octanol–water partition coefficient (Wildman–Crippen LogP) is 3.98. The second-order valence-corrected chi connectivity index (χ2v) is 11.3. The van der Waals surface area contributed by atoms with Gasteiger partial charge in [0.05, 0.1) is 12.2 Å². The Labute approximate surface area is 178 Å². The maximum absolute atomic E-state index is 14.8. The molecule has 2 saturated carbocycles. The van der Waals surface area contributed by atoms with Crippen LogP contribution in [0.25, 0.3) is 0 Å². The van der Waals surface area contributed by atoms with Crippen molar-refractivity contribution in [2.24, 2.45) is 11.3 Å². The van der Waals surface area contributed by atoms with Crippen LogP contribution in [0.15, 0.2) is 12.1 Å². The lowest BCUT2D eigenvalue weighted by atomic mass is 9.73. The zero-order valence-corrected chi connectivity index (χ0v) is 18.6. The van der Waals surface area contributed by atoms with Crippen LogP contribution in [-0.4, -0.2) is 38.3 Å². The molecule has 1 N–H and O–H groups in total. The van der Waals surface area contributed by atoms with Crippen LogP contribution in [0.4, 0.5) is 4.39 Å². The Morgan fingerprint density at radius 3 is 2.47 bits per heavy atom. The van der Waals surface area contributed by atoms with E-state index in [4.69, 9.17) is 4.74 Å². The number of amides is 1. The lowest BCUT2D eigenvalue weighted by Gasteiger charge is -2.36.